The van der Waals surface area contributed by atoms with Crippen LogP contribution in [-0.2, 0) is 16.0 Å². The normalized spacial score (nSPS) is 16.2. The van der Waals surface area contributed by atoms with E-state index in [4.69, 9.17) is 4.74 Å². The molecular formula is C17H22BrN3O3S. The van der Waals surface area contributed by atoms with Crippen molar-refractivity contribution in [1.29, 1.82) is 0 Å². The van der Waals surface area contributed by atoms with Gasteiger partial charge in [0.1, 0.15) is 16.9 Å². The summed E-state index contributed by atoms with van der Waals surface area (Å²) in [6.07, 6.45) is 1.31. The molecule has 0 atom stereocenters. The number of benzene rings is 1. The number of fused-ring (bicyclic) bond motifs is 1. The number of hydrogen-bond acceptors (Lipinski definition) is 3. The molecule has 0 radical (unpaired) electrons. The zero-order chi connectivity index (χ0) is 18.2. The Morgan fingerprint density at radius 3 is 2.60 bits per heavy atom. The Kier molecular flexibility index (Phi) is 5.11. The van der Waals surface area contributed by atoms with Gasteiger partial charge < -0.3 is 19.2 Å². The number of amides is 1. The molecule has 0 aliphatic carbocycles. The minimum atomic E-state index is -0.488. The van der Waals surface area contributed by atoms with Gasteiger partial charge in [0.25, 0.3) is 0 Å². The fourth-order valence-electron chi connectivity index (χ4n) is 3.17. The van der Waals surface area contributed by atoms with Gasteiger partial charge in [-0.2, -0.15) is 0 Å². The number of aromatic amines is 1. The zero-order valence-electron chi connectivity index (χ0n) is 14.5. The van der Waals surface area contributed by atoms with Gasteiger partial charge in [-0.15, -0.1) is 0 Å². The monoisotopic (exact) mass is 427 g/mol. The van der Waals surface area contributed by atoms with Crippen molar-refractivity contribution in [3.63, 3.8) is 0 Å². The van der Waals surface area contributed by atoms with Crippen molar-refractivity contribution in [2.24, 2.45) is 0 Å². The third-order valence-electron chi connectivity index (χ3n) is 4.26. The number of piperidine rings is 1. The molecule has 6 nitrogen and oxygen atoms in total. The van der Waals surface area contributed by atoms with Crippen LogP contribution in [0, 0.1) is 4.77 Å². The number of likely N-dealkylation sites (tertiary alicyclic amines) is 1. The van der Waals surface area contributed by atoms with Gasteiger partial charge in [-0.05, 0) is 61.7 Å². The van der Waals surface area contributed by atoms with Gasteiger partial charge >= 0.3 is 6.09 Å². The third kappa shape index (κ3) is 3.84. The Morgan fingerprint density at radius 2 is 2.00 bits per heavy atom. The van der Waals surface area contributed by atoms with Crippen molar-refractivity contribution < 1.29 is 13.7 Å². The SMILES string of the molecule is CC(C)(C)OC(=O)N1CCC(n2c(=S=O)[nH]c3c(Br)cccc32)CC1. The van der Waals surface area contributed by atoms with Gasteiger partial charge in [0.05, 0.1) is 11.0 Å². The quantitative estimate of drug-likeness (QED) is 0.697. The molecule has 136 valence electrons. The van der Waals surface area contributed by atoms with E-state index < -0.39 is 5.60 Å². The van der Waals surface area contributed by atoms with E-state index in [1.807, 2.05) is 39.0 Å². The van der Waals surface area contributed by atoms with Crippen LogP contribution < -0.4 is 0 Å². The molecule has 8 heteroatoms. The molecule has 1 amide bonds. The lowest BCUT2D eigenvalue weighted by Crippen LogP contribution is -2.42. The summed E-state index contributed by atoms with van der Waals surface area (Å²) in [7, 11) is 0. The number of nitrogens with zero attached hydrogens (tertiary/aromatic N) is 2. The standard InChI is InChI=1S/C17H22BrN3O3S/c1-17(2,3)24-16(22)20-9-7-11(8-10-20)21-13-6-4-5-12(18)14(13)19-15(21)25-23/h4-6,11,19H,7-10H2,1-3H3. The summed E-state index contributed by atoms with van der Waals surface area (Å²) in [5.74, 6) is 0. The van der Waals surface area contributed by atoms with Crippen LogP contribution in [0.5, 0.6) is 0 Å². The molecule has 2 heterocycles. The number of rotatable bonds is 1. The van der Waals surface area contributed by atoms with Crippen LogP contribution in [-0.4, -0.2) is 43.4 Å². The molecule has 1 aliphatic heterocycles. The fraction of sp³-hybridized carbons (Fsp3) is 0.529. The van der Waals surface area contributed by atoms with Crippen LogP contribution in [0.4, 0.5) is 4.79 Å². The molecule has 1 fully saturated rings. The van der Waals surface area contributed by atoms with Crippen LogP contribution >= 0.6 is 15.9 Å². The first kappa shape index (κ1) is 18.3. The molecule has 1 N–H and O–H groups in total. The molecular weight excluding hydrogens is 406 g/mol. The molecule has 1 aliphatic rings. The second-order valence-corrected chi connectivity index (χ2v) is 8.62. The molecule has 2 aromatic rings. The summed E-state index contributed by atoms with van der Waals surface area (Å²) in [6.45, 7) is 6.85. The number of imidazole rings is 1. The maximum atomic E-state index is 12.2. The van der Waals surface area contributed by atoms with E-state index in [0.29, 0.717) is 29.1 Å². The number of carbonyl (C=O) groups excluding carboxylic acids is 1. The van der Waals surface area contributed by atoms with Crippen molar-refractivity contribution in [3.8, 4) is 0 Å². The van der Waals surface area contributed by atoms with Crippen molar-refractivity contribution in [1.82, 2.24) is 14.5 Å². The van der Waals surface area contributed by atoms with E-state index in [2.05, 4.69) is 25.5 Å². The topological polar surface area (TPSA) is 67.3 Å². The predicted octanol–water partition coefficient (Wildman–Crippen LogP) is 4.05. The molecule has 0 unspecified atom stereocenters. The second kappa shape index (κ2) is 6.99. The number of para-hydroxylation sites is 1. The number of halogens is 1. The van der Waals surface area contributed by atoms with Gasteiger partial charge in [-0.3, -0.25) is 0 Å². The number of hydrogen-bond donors (Lipinski definition) is 1. The van der Waals surface area contributed by atoms with E-state index in [-0.39, 0.29) is 12.1 Å². The molecule has 1 aromatic heterocycles. The van der Waals surface area contributed by atoms with Crippen LogP contribution in [0.15, 0.2) is 22.7 Å². The Balaban J connectivity index is 1.82. The van der Waals surface area contributed by atoms with Crippen molar-refractivity contribution in [3.05, 3.63) is 27.4 Å². The molecule has 1 aromatic carbocycles. The van der Waals surface area contributed by atoms with Crippen molar-refractivity contribution in [2.75, 3.05) is 13.1 Å². The average molecular weight is 428 g/mol. The molecule has 3 rings (SSSR count). The largest absolute Gasteiger partial charge is 0.444 e. The molecule has 0 bridgehead atoms. The lowest BCUT2D eigenvalue weighted by molar-refractivity contribution is 0.0189. The molecule has 0 spiro atoms. The Morgan fingerprint density at radius 1 is 1.32 bits per heavy atom. The molecule has 1 saturated heterocycles. The number of aromatic nitrogens is 2. The van der Waals surface area contributed by atoms with Crippen molar-refractivity contribution >= 4 is 44.3 Å². The lowest BCUT2D eigenvalue weighted by atomic mass is 10.0. The summed E-state index contributed by atoms with van der Waals surface area (Å²) in [4.78, 5) is 17.2. The average Bonchev–Trinajstić information content (AvgIpc) is 2.93. The molecule has 0 saturated carbocycles. The smallest absolute Gasteiger partial charge is 0.410 e. The highest BCUT2D eigenvalue weighted by Crippen LogP contribution is 2.30. The summed E-state index contributed by atoms with van der Waals surface area (Å²) >= 11 is 4.00. The van der Waals surface area contributed by atoms with Crippen LogP contribution in [0.3, 0.4) is 0 Å². The maximum absolute atomic E-state index is 12.2. The number of carbonyl (C=O) groups is 1. The Hall–Kier alpha value is -1.54. The van der Waals surface area contributed by atoms with E-state index in [1.165, 1.54) is 0 Å². The zero-order valence-corrected chi connectivity index (χ0v) is 16.9. The fourth-order valence-corrected chi connectivity index (χ4v) is 4.10. The van der Waals surface area contributed by atoms with Gasteiger partial charge in [-0.1, -0.05) is 6.07 Å². The first-order valence-electron chi connectivity index (χ1n) is 8.29. The Bertz CT molecular complexity index is 885. The summed E-state index contributed by atoms with van der Waals surface area (Å²) < 4.78 is 20.6. The van der Waals surface area contributed by atoms with Gasteiger partial charge in [0.15, 0.2) is 0 Å². The highest BCUT2D eigenvalue weighted by Gasteiger charge is 2.28. The highest BCUT2D eigenvalue weighted by molar-refractivity contribution is 9.10. The van der Waals surface area contributed by atoms with E-state index in [0.717, 1.165) is 28.3 Å². The van der Waals surface area contributed by atoms with Gasteiger partial charge in [0, 0.05) is 23.6 Å². The minimum absolute atomic E-state index is 0.179. The van der Waals surface area contributed by atoms with Crippen LogP contribution in [0.1, 0.15) is 39.7 Å². The number of ether oxygens (including phenoxy) is 1. The highest BCUT2D eigenvalue weighted by atomic mass is 79.9. The van der Waals surface area contributed by atoms with E-state index >= 15 is 0 Å². The first-order chi connectivity index (χ1) is 11.8. The maximum Gasteiger partial charge on any atom is 0.410 e. The lowest BCUT2D eigenvalue weighted by Gasteiger charge is -2.34. The van der Waals surface area contributed by atoms with E-state index in [9.17, 15) is 9.00 Å². The van der Waals surface area contributed by atoms with Gasteiger partial charge in [0.2, 0.25) is 4.77 Å². The number of H-pyrrole nitrogens is 1. The Labute approximate surface area is 158 Å². The predicted molar refractivity (Wildman–Crippen MR) is 101 cm³/mol. The van der Waals surface area contributed by atoms with Crippen molar-refractivity contribution in [2.45, 2.75) is 45.3 Å². The third-order valence-corrected chi connectivity index (χ3v) is 5.38. The summed E-state index contributed by atoms with van der Waals surface area (Å²) in [5.41, 5.74) is 1.44. The second-order valence-electron chi connectivity index (χ2n) is 7.22. The van der Waals surface area contributed by atoms with Crippen LogP contribution in [0.2, 0.25) is 0 Å². The summed E-state index contributed by atoms with van der Waals surface area (Å²) in [5, 5.41) is 0. The van der Waals surface area contributed by atoms with Crippen LogP contribution in [0.25, 0.3) is 11.0 Å². The van der Waals surface area contributed by atoms with Gasteiger partial charge in [-0.25, -0.2) is 9.00 Å². The molecule has 25 heavy (non-hydrogen) atoms. The minimum Gasteiger partial charge on any atom is -0.444 e. The summed E-state index contributed by atoms with van der Waals surface area (Å²) in [6, 6.07) is 6.11. The number of nitrogens with one attached hydrogen (secondary N) is 1. The van der Waals surface area contributed by atoms with E-state index in [1.54, 1.807) is 4.90 Å². The first-order valence-corrected chi connectivity index (χ1v) is 9.83.